The molecule has 0 spiro atoms. The van der Waals surface area contributed by atoms with E-state index < -0.39 is 11.9 Å². The molecule has 1 N–H and O–H groups in total. The Kier molecular flexibility index (Phi) is 2.48. The summed E-state index contributed by atoms with van der Waals surface area (Å²) in [7, 11) is 0. The molecule has 0 amide bonds. The largest absolute Gasteiger partial charge is 0.481 e. The maximum atomic E-state index is 10.9. The minimum Gasteiger partial charge on any atom is -0.481 e. The van der Waals surface area contributed by atoms with Gasteiger partial charge in [0.05, 0.1) is 5.52 Å². The Morgan fingerprint density at radius 3 is 3.00 bits per heavy atom. The summed E-state index contributed by atoms with van der Waals surface area (Å²) >= 11 is 3.31. The zero-order valence-corrected chi connectivity index (χ0v) is 9.60. The highest BCUT2D eigenvalue weighted by atomic mass is 79.9. The van der Waals surface area contributed by atoms with Gasteiger partial charge in [0.2, 0.25) is 0 Å². The second-order valence-electron chi connectivity index (χ2n) is 3.28. The summed E-state index contributed by atoms with van der Waals surface area (Å²) in [4.78, 5) is 15.1. The van der Waals surface area contributed by atoms with Crippen molar-refractivity contribution >= 4 is 27.4 Å². The van der Waals surface area contributed by atoms with Crippen LogP contribution in [0.1, 0.15) is 18.7 Å². The number of carboxylic acids is 1. The van der Waals surface area contributed by atoms with Gasteiger partial charge in [-0.3, -0.25) is 4.79 Å². The topological polar surface area (TPSA) is 54.6 Å². The number of fused-ring (bicyclic) bond motifs is 1. The molecule has 0 aromatic carbocycles. The summed E-state index contributed by atoms with van der Waals surface area (Å²) in [6, 6.07) is 5.62. The summed E-state index contributed by atoms with van der Waals surface area (Å²) in [6.45, 7) is 1.62. The number of aliphatic carboxylic acids is 1. The van der Waals surface area contributed by atoms with Gasteiger partial charge in [-0.1, -0.05) is 6.07 Å². The number of aromatic nitrogens is 2. The SMILES string of the molecule is CC(C(=O)O)c1nc(Br)c2ccccn12. The van der Waals surface area contributed by atoms with E-state index in [2.05, 4.69) is 20.9 Å². The van der Waals surface area contributed by atoms with Crippen LogP contribution in [-0.2, 0) is 4.79 Å². The van der Waals surface area contributed by atoms with Crippen LogP contribution >= 0.6 is 15.9 Å². The van der Waals surface area contributed by atoms with Crippen molar-refractivity contribution in [2.24, 2.45) is 0 Å². The van der Waals surface area contributed by atoms with Gasteiger partial charge in [-0.05, 0) is 35.0 Å². The van der Waals surface area contributed by atoms with Gasteiger partial charge < -0.3 is 9.51 Å². The van der Waals surface area contributed by atoms with Crippen molar-refractivity contribution in [2.75, 3.05) is 0 Å². The molecule has 4 nitrogen and oxygen atoms in total. The Balaban J connectivity index is 2.67. The van der Waals surface area contributed by atoms with E-state index in [-0.39, 0.29) is 0 Å². The van der Waals surface area contributed by atoms with Gasteiger partial charge in [0.1, 0.15) is 16.3 Å². The smallest absolute Gasteiger partial charge is 0.313 e. The first-order chi connectivity index (χ1) is 7.11. The van der Waals surface area contributed by atoms with Gasteiger partial charge in [0, 0.05) is 6.20 Å². The average molecular weight is 269 g/mol. The molecule has 2 heterocycles. The van der Waals surface area contributed by atoms with Gasteiger partial charge in [-0.2, -0.15) is 0 Å². The van der Waals surface area contributed by atoms with E-state index in [4.69, 9.17) is 5.11 Å². The quantitative estimate of drug-likeness (QED) is 0.909. The van der Waals surface area contributed by atoms with E-state index in [0.717, 1.165) is 5.52 Å². The van der Waals surface area contributed by atoms with Crippen LogP contribution in [0.5, 0.6) is 0 Å². The predicted molar refractivity (Wildman–Crippen MR) is 58.9 cm³/mol. The molecule has 1 unspecified atom stereocenters. The summed E-state index contributed by atoms with van der Waals surface area (Å²) in [5.41, 5.74) is 0.876. The number of hydrogen-bond acceptors (Lipinski definition) is 2. The van der Waals surface area contributed by atoms with Gasteiger partial charge in [-0.15, -0.1) is 0 Å². The van der Waals surface area contributed by atoms with E-state index >= 15 is 0 Å². The van der Waals surface area contributed by atoms with Gasteiger partial charge >= 0.3 is 5.97 Å². The van der Waals surface area contributed by atoms with Gasteiger partial charge in [0.15, 0.2) is 0 Å². The molecular weight excluding hydrogens is 260 g/mol. The lowest BCUT2D eigenvalue weighted by molar-refractivity contribution is -0.138. The first kappa shape index (κ1) is 10.2. The molecule has 0 aliphatic carbocycles. The summed E-state index contributed by atoms with van der Waals surface area (Å²) in [5, 5.41) is 8.94. The third-order valence-electron chi connectivity index (χ3n) is 2.29. The van der Waals surface area contributed by atoms with Crippen LogP contribution < -0.4 is 0 Å². The first-order valence-corrected chi connectivity index (χ1v) is 5.26. The molecule has 0 aliphatic rings. The molecule has 0 radical (unpaired) electrons. The van der Waals surface area contributed by atoms with Crippen molar-refractivity contribution in [1.82, 2.24) is 9.38 Å². The van der Waals surface area contributed by atoms with Crippen LogP contribution in [0.2, 0.25) is 0 Å². The zero-order valence-electron chi connectivity index (χ0n) is 8.01. The molecular formula is C10H9BrN2O2. The number of halogens is 1. The van der Waals surface area contributed by atoms with Crippen LogP contribution in [0, 0.1) is 0 Å². The highest BCUT2D eigenvalue weighted by molar-refractivity contribution is 9.10. The van der Waals surface area contributed by atoms with Gasteiger partial charge in [-0.25, -0.2) is 4.98 Å². The fourth-order valence-electron chi connectivity index (χ4n) is 1.44. The van der Waals surface area contributed by atoms with E-state index in [9.17, 15) is 4.79 Å². The standard InChI is InChI=1S/C10H9BrN2O2/c1-6(10(14)15)9-12-8(11)7-4-2-3-5-13(7)9/h2-6H,1H3,(H,14,15). The number of imidazole rings is 1. The van der Waals surface area contributed by atoms with Crippen LogP contribution in [0.15, 0.2) is 29.0 Å². The lowest BCUT2D eigenvalue weighted by Crippen LogP contribution is -2.11. The first-order valence-electron chi connectivity index (χ1n) is 4.46. The molecule has 2 rings (SSSR count). The number of carboxylic acid groups (broad SMARTS) is 1. The third-order valence-corrected chi connectivity index (χ3v) is 2.87. The number of carbonyl (C=O) groups is 1. The number of nitrogens with zero attached hydrogens (tertiary/aromatic N) is 2. The Hall–Kier alpha value is -1.36. The lowest BCUT2D eigenvalue weighted by atomic mass is 10.2. The summed E-state index contributed by atoms with van der Waals surface area (Å²) in [5.74, 6) is -0.963. The molecule has 1 atom stereocenters. The third kappa shape index (κ3) is 1.63. The second-order valence-corrected chi connectivity index (χ2v) is 4.03. The minimum absolute atomic E-state index is 0.532. The second kappa shape index (κ2) is 3.66. The zero-order chi connectivity index (χ0) is 11.0. The predicted octanol–water partition coefficient (Wildman–Crippen LogP) is 2.28. The lowest BCUT2D eigenvalue weighted by Gasteiger charge is -2.04. The molecule has 0 saturated heterocycles. The minimum atomic E-state index is -0.877. The Morgan fingerprint density at radius 2 is 2.33 bits per heavy atom. The molecule has 0 bridgehead atoms. The Labute approximate surface area is 94.7 Å². The normalized spacial score (nSPS) is 12.9. The Bertz CT molecular complexity index is 521. The average Bonchev–Trinajstić information content (AvgIpc) is 2.56. The monoisotopic (exact) mass is 268 g/mol. The van der Waals surface area contributed by atoms with E-state index in [1.165, 1.54) is 0 Å². The van der Waals surface area contributed by atoms with Crippen molar-refractivity contribution in [3.63, 3.8) is 0 Å². The summed E-state index contributed by atoms with van der Waals surface area (Å²) < 4.78 is 2.45. The maximum absolute atomic E-state index is 10.9. The fraction of sp³-hybridized carbons (Fsp3) is 0.200. The molecule has 2 aromatic heterocycles. The number of rotatable bonds is 2. The van der Waals surface area contributed by atoms with E-state index in [1.54, 1.807) is 11.3 Å². The van der Waals surface area contributed by atoms with Crippen LogP contribution in [0.3, 0.4) is 0 Å². The number of pyridine rings is 1. The Morgan fingerprint density at radius 1 is 1.60 bits per heavy atom. The van der Waals surface area contributed by atoms with Crippen molar-refractivity contribution in [3.8, 4) is 0 Å². The van der Waals surface area contributed by atoms with E-state index in [0.29, 0.717) is 10.4 Å². The van der Waals surface area contributed by atoms with Crippen molar-refractivity contribution < 1.29 is 9.90 Å². The van der Waals surface area contributed by atoms with Crippen LogP contribution in [0.4, 0.5) is 0 Å². The summed E-state index contributed by atoms with van der Waals surface area (Å²) in [6.07, 6.45) is 1.81. The van der Waals surface area contributed by atoms with Gasteiger partial charge in [0.25, 0.3) is 0 Å². The van der Waals surface area contributed by atoms with Crippen molar-refractivity contribution in [2.45, 2.75) is 12.8 Å². The molecule has 15 heavy (non-hydrogen) atoms. The molecule has 0 aliphatic heterocycles. The highest BCUT2D eigenvalue weighted by Gasteiger charge is 2.20. The van der Waals surface area contributed by atoms with Crippen molar-refractivity contribution in [3.05, 3.63) is 34.8 Å². The molecule has 5 heteroatoms. The molecule has 78 valence electrons. The number of hydrogen-bond donors (Lipinski definition) is 1. The molecule has 0 saturated carbocycles. The highest BCUT2D eigenvalue weighted by Crippen LogP contribution is 2.23. The van der Waals surface area contributed by atoms with Crippen molar-refractivity contribution in [1.29, 1.82) is 0 Å². The molecule has 0 fully saturated rings. The fourth-order valence-corrected chi connectivity index (χ4v) is 1.94. The van der Waals surface area contributed by atoms with Crippen LogP contribution in [-0.4, -0.2) is 20.5 Å². The molecule has 2 aromatic rings. The van der Waals surface area contributed by atoms with E-state index in [1.807, 2.05) is 24.4 Å². The van der Waals surface area contributed by atoms with Crippen LogP contribution in [0.25, 0.3) is 5.52 Å². The maximum Gasteiger partial charge on any atom is 0.313 e.